The third kappa shape index (κ3) is 5.33. The first kappa shape index (κ1) is 22.4. The van der Waals surface area contributed by atoms with Crippen LogP contribution in [-0.4, -0.2) is 22.0 Å². The lowest BCUT2D eigenvalue weighted by Gasteiger charge is -2.19. The van der Waals surface area contributed by atoms with E-state index in [-0.39, 0.29) is 11.9 Å². The summed E-state index contributed by atoms with van der Waals surface area (Å²) in [4.78, 5) is 20.1. The number of benzene rings is 3. The van der Waals surface area contributed by atoms with Crippen molar-refractivity contribution >= 4 is 34.6 Å². The number of aliphatic imine (C=N–C) groups is 1. The average molecular weight is 454 g/mol. The molecule has 0 spiro atoms. The number of ether oxygens (including phenoxy) is 1. The van der Waals surface area contributed by atoms with Gasteiger partial charge in [-0.15, -0.1) is 0 Å². The Morgan fingerprint density at radius 1 is 1.03 bits per heavy atom. The quantitative estimate of drug-likeness (QED) is 0.420. The lowest BCUT2D eigenvalue weighted by atomic mass is 10.1. The van der Waals surface area contributed by atoms with Gasteiger partial charge in [-0.3, -0.25) is 9.69 Å². The number of hydrogen-bond donors (Lipinski definition) is 0. The van der Waals surface area contributed by atoms with E-state index in [0.29, 0.717) is 28.0 Å². The summed E-state index contributed by atoms with van der Waals surface area (Å²) in [5.41, 5.74) is 3.18. The van der Waals surface area contributed by atoms with Gasteiger partial charge in [-0.25, -0.2) is 4.99 Å². The molecule has 4 rings (SSSR count). The van der Waals surface area contributed by atoms with Gasteiger partial charge < -0.3 is 4.74 Å². The van der Waals surface area contributed by atoms with Gasteiger partial charge >= 0.3 is 0 Å². The molecule has 33 heavy (non-hydrogen) atoms. The predicted octanol–water partition coefficient (Wildman–Crippen LogP) is 6.15. The molecule has 3 aromatic rings. The first-order valence-electron chi connectivity index (χ1n) is 10.6. The summed E-state index contributed by atoms with van der Waals surface area (Å²) >= 11 is 1.39. The third-order valence-corrected chi connectivity index (χ3v) is 6.03. The van der Waals surface area contributed by atoms with Gasteiger partial charge in [-0.2, -0.15) is 5.26 Å². The van der Waals surface area contributed by atoms with Crippen LogP contribution in [-0.2, 0) is 11.4 Å². The topological polar surface area (TPSA) is 65.7 Å². The molecular weight excluding hydrogens is 430 g/mol. The maximum absolute atomic E-state index is 13.0. The Morgan fingerprint density at radius 2 is 1.73 bits per heavy atom. The molecule has 3 aromatic carbocycles. The number of hydrogen-bond acceptors (Lipinski definition) is 5. The van der Waals surface area contributed by atoms with Crippen LogP contribution in [0.15, 0.2) is 88.8 Å². The number of carbonyl (C=O) groups is 1. The Kier molecular flexibility index (Phi) is 6.92. The van der Waals surface area contributed by atoms with Crippen molar-refractivity contribution < 1.29 is 9.53 Å². The molecule has 0 unspecified atom stereocenters. The largest absolute Gasteiger partial charge is 0.489 e. The van der Waals surface area contributed by atoms with Crippen molar-refractivity contribution in [3.63, 3.8) is 0 Å². The summed E-state index contributed by atoms with van der Waals surface area (Å²) in [6.45, 7) is 4.29. The van der Waals surface area contributed by atoms with Gasteiger partial charge in [0.15, 0.2) is 5.17 Å². The minimum Gasteiger partial charge on any atom is -0.489 e. The van der Waals surface area contributed by atoms with Crippen molar-refractivity contribution in [2.45, 2.75) is 26.5 Å². The van der Waals surface area contributed by atoms with Crippen LogP contribution in [0.4, 0.5) is 5.69 Å². The van der Waals surface area contributed by atoms with E-state index in [9.17, 15) is 10.1 Å². The van der Waals surface area contributed by atoms with Crippen LogP contribution in [0, 0.1) is 11.3 Å². The van der Waals surface area contributed by atoms with E-state index >= 15 is 0 Å². The molecule has 0 aliphatic carbocycles. The summed E-state index contributed by atoms with van der Waals surface area (Å²) in [5.74, 6) is 0.656. The molecule has 0 radical (unpaired) electrons. The molecule has 0 N–H and O–H groups in total. The van der Waals surface area contributed by atoms with E-state index in [2.05, 4.69) is 11.1 Å². The molecule has 0 aromatic heterocycles. The van der Waals surface area contributed by atoms with Crippen molar-refractivity contribution in [1.82, 2.24) is 4.90 Å². The van der Waals surface area contributed by atoms with Gasteiger partial charge in [-0.05, 0) is 67.6 Å². The third-order valence-electron chi connectivity index (χ3n) is 5.04. The van der Waals surface area contributed by atoms with Crippen molar-refractivity contribution in [2.24, 2.45) is 4.99 Å². The van der Waals surface area contributed by atoms with Crippen molar-refractivity contribution in [3.8, 4) is 11.8 Å². The highest BCUT2D eigenvalue weighted by molar-refractivity contribution is 8.18. The second-order valence-electron chi connectivity index (χ2n) is 7.74. The maximum Gasteiger partial charge on any atom is 0.266 e. The Hall–Kier alpha value is -3.82. The molecule has 1 fully saturated rings. The molecule has 6 heteroatoms. The number of thioether (sulfide) groups is 1. The first-order chi connectivity index (χ1) is 16.0. The number of amides is 1. The fraction of sp³-hybridized carbons (Fsp3) is 0.148. The zero-order valence-electron chi connectivity index (χ0n) is 18.4. The SMILES string of the molecule is CC(C)N1C(=O)/C(=C\c2ccc(OCc3ccccc3C#N)cc2)SC1=Nc1ccccc1. The van der Waals surface area contributed by atoms with Crippen LogP contribution in [0.3, 0.4) is 0 Å². The lowest BCUT2D eigenvalue weighted by molar-refractivity contribution is -0.123. The maximum atomic E-state index is 13.0. The minimum absolute atomic E-state index is 0.00502. The molecule has 164 valence electrons. The van der Waals surface area contributed by atoms with Crippen LogP contribution in [0.2, 0.25) is 0 Å². The zero-order valence-corrected chi connectivity index (χ0v) is 19.3. The molecule has 1 aliphatic rings. The number of rotatable bonds is 6. The van der Waals surface area contributed by atoms with E-state index in [1.165, 1.54) is 11.8 Å². The highest BCUT2D eigenvalue weighted by Crippen LogP contribution is 2.35. The second kappa shape index (κ2) is 10.2. The number of nitrogens with zero attached hydrogens (tertiary/aromatic N) is 3. The van der Waals surface area contributed by atoms with E-state index in [4.69, 9.17) is 4.74 Å². The van der Waals surface area contributed by atoms with Crippen molar-refractivity contribution in [2.75, 3.05) is 0 Å². The zero-order chi connectivity index (χ0) is 23.2. The lowest BCUT2D eigenvalue weighted by Crippen LogP contribution is -2.35. The van der Waals surface area contributed by atoms with Crippen LogP contribution >= 0.6 is 11.8 Å². The Labute approximate surface area is 198 Å². The van der Waals surface area contributed by atoms with E-state index in [1.54, 1.807) is 11.0 Å². The standard InChI is InChI=1S/C27H23N3O2S/c1-19(2)30-26(31)25(33-27(30)29-23-10-4-3-5-11-23)16-20-12-14-24(15-13-20)32-18-22-9-7-6-8-21(22)17-28/h3-16,19H,18H2,1-2H3/b25-16+,29-27?. The molecule has 1 aliphatic heterocycles. The molecule has 0 saturated carbocycles. The van der Waals surface area contributed by atoms with E-state index in [0.717, 1.165) is 16.8 Å². The summed E-state index contributed by atoms with van der Waals surface area (Å²) in [6.07, 6.45) is 1.88. The van der Waals surface area contributed by atoms with Gasteiger partial charge in [-0.1, -0.05) is 48.5 Å². The molecule has 5 nitrogen and oxygen atoms in total. The Bertz CT molecular complexity index is 1240. The second-order valence-corrected chi connectivity index (χ2v) is 8.75. The fourth-order valence-electron chi connectivity index (χ4n) is 3.36. The normalized spacial score (nSPS) is 15.9. The van der Waals surface area contributed by atoms with Crippen LogP contribution in [0.5, 0.6) is 5.75 Å². The molecule has 1 heterocycles. The summed E-state index contributed by atoms with van der Waals surface area (Å²) < 4.78 is 5.84. The molecular formula is C27H23N3O2S. The molecule has 1 amide bonds. The van der Waals surface area contributed by atoms with E-state index < -0.39 is 0 Å². The Balaban J connectivity index is 1.49. The summed E-state index contributed by atoms with van der Waals surface area (Å²) in [6, 6.07) is 26.8. The monoisotopic (exact) mass is 453 g/mol. The van der Waals surface area contributed by atoms with Gasteiger partial charge in [0.1, 0.15) is 12.4 Å². The van der Waals surface area contributed by atoms with Crippen molar-refractivity contribution in [1.29, 1.82) is 5.26 Å². The van der Waals surface area contributed by atoms with E-state index in [1.807, 2.05) is 92.7 Å². The summed E-state index contributed by atoms with van der Waals surface area (Å²) in [7, 11) is 0. The van der Waals surface area contributed by atoms with Crippen LogP contribution in [0.25, 0.3) is 6.08 Å². The minimum atomic E-state index is -0.0434. The number of amidine groups is 1. The number of carbonyl (C=O) groups excluding carboxylic acids is 1. The van der Waals surface area contributed by atoms with Gasteiger partial charge in [0.25, 0.3) is 5.91 Å². The average Bonchev–Trinajstić information content (AvgIpc) is 3.13. The Morgan fingerprint density at radius 3 is 2.42 bits per heavy atom. The number of nitriles is 1. The summed E-state index contributed by atoms with van der Waals surface area (Å²) in [5, 5.41) is 9.89. The number of para-hydroxylation sites is 1. The van der Waals surface area contributed by atoms with Crippen LogP contribution in [0.1, 0.15) is 30.5 Å². The fourth-order valence-corrected chi connectivity index (χ4v) is 4.48. The van der Waals surface area contributed by atoms with Gasteiger partial charge in [0.05, 0.1) is 22.2 Å². The smallest absolute Gasteiger partial charge is 0.266 e. The highest BCUT2D eigenvalue weighted by Gasteiger charge is 2.35. The molecule has 0 bridgehead atoms. The van der Waals surface area contributed by atoms with Crippen molar-refractivity contribution in [3.05, 3.63) is 100 Å². The predicted molar refractivity (Wildman–Crippen MR) is 133 cm³/mol. The van der Waals surface area contributed by atoms with Crippen LogP contribution < -0.4 is 4.74 Å². The molecule has 1 saturated heterocycles. The highest BCUT2D eigenvalue weighted by atomic mass is 32.2. The van der Waals surface area contributed by atoms with Gasteiger partial charge in [0, 0.05) is 11.6 Å². The first-order valence-corrected chi connectivity index (χ1v) is 11.4. The van der Waals surface area contributed by atoms with Gasteiger partial charge in [0.2, 0.25) is 0 Å². The molecule has 0 atom stereocenters.